The number of hydrogen-bond donors (Lipinski definition) is 0. The minimum atomic E-state index is 0.778. The third-order valence-corrected chi connectivity index (χ3v) is 2.89. The predicted octanol–water partition coefficient (Wildman–Crippen LogP) is 1.98. The van der Waals surface area contributed by atoms with Crippen LogP contribution < -0.4 is 0 Å². The van der Waals surface area contributed by atoms with Crippen molar-refractivity contribution in [2.24, 2.45) is 11.3 Å². The summed E-state index contributed by atoms with van der Waals surface area (Å²) in [5.41, 5.74) is 0.778. The number of hydrogen-bond acceptors (Lipinski definition) is 1. The van der Waals surface area contributed by atoms with E-state index in [-0.39, 0.29) is 0 Å². The maximum atomic E-state index is 5.17. The lowest BCUT2D eigenvalue weighted by Gasteiger charge is -2.04. The fraction of sp³-hybridized carbons (Fsp3) is 0.875. The Morgan fingerprint density at radius 3 is 2.56 bits per heavy atom. The summed E-state index contributed by atoms with van der Waals surface area (Å²) in [6.07, 6.45) is 5.58. The highest BCUT2D eigenvalue weighted by Gasteiger charge is 2.64. The molecule has 2 saturated carbocycles. The average Bonchev–Trinajstić information content (AvgIpc) is 2.74. The molecule has 0 aliphatic heterocycles. The molecule has 9 heavy (non-hydrogen) atoms. The molecule has 0 amide bonds. The van der Waals surface area contributed by atoms with Crippen LogP contribution in [0.25, 0.3) is 0 Å². The van der Waals surface area contributed by atoms with Crippen molar-refractivity contribution < 1.29 is 4.74 Å². The zero-order valence-electron chi connectivity index (χ0n) is 6.11. The molecule has 0 aromatic carbocycles. The van der Waals surface area contributed by atoms with E-state index in [0.717, 1.165) is 11.3 Å². The molecule has 1 spiro atoms. The standard InChI is InChI=1S/C8H13O/c1-6(9-2)7-5-8(7)3-4-8/h7H,3-5H2,1-2H3. The molecule has 1 nitrogen and oxygen atoms in total. The van der Waals surface area contributed by atoms with Crippen molar-refractivity contribution in [1.82, 2.24) is 0 Å². The Hall–Kier alpha value is -0.0400. The van der Waals surface area contributed by atoms with Crippen LogP contribution in [0.5, 0.6) is 0 Å². The van der Waals surface area contributed by atoms with E-state index >= 15 is 0 Å². The van der Waals surface area contributed by atoms with Gasteiger partial charge < -0.3 is 4.74 Å². The van der Waals surface area contributed by atoms with Crippen LogP contribution in [0.1, 0.15) is 26.2 Å². The Bertz CT molecular complexity index is 127. The van der Waals surface area contributed by atoms with E-state index in [1.807, 2.05) is 0 Å². The summed E-state index contributed by atoms with van der Waals surface area (Å²) in [7, 11) is 1.78. The first-order valence-electron chi connectivity index (χ1n) is 3.66. The molecule has 1 radical (unpaired) electrons. The first-order chi connectivity index (χ1) is 4.28. The Morgan fingerprint density at radius 2 is 2.22 bits per heavy atom. The summed E-state index contributed by atoms with van der Waals surface area (Å²) in [4.78, 5) is 0. The monoisotopic (exact) mass is 125 g/mol. The van der Waals surface area contributed by atoms with Gasteiger partial charge in [0.2, 0.25) is 0 Å². The first kappa shape index (κ1) is 5.72. The van der Waals surface area contributed by atoms with E-state index in [4.69, 9.17) is 4.74 Å². The van der Waals surface area contributed by atoms with Crippen LogP contribution in [0.4, 0.5) is 0 Å². The van der Waals surface area contributed by atoms with Crippen molar-refractivity contribution in [3.8, 4) is 0 Å². The molecular weight excluding hydrogens is 112 g/mol. The molecule has 51 valence electrons. The molecule has 2 rings (SSSR count). The highest BCUT2D eigenvalue weighted by Crippen LogP contribution is 2.73. The third-order valence-electron chi connectivity index (χ3n) is 2.89. The van der Waals surface area contributed by atoms with E-state index in [2.05, 4.69) is 6.92 Å². The minimum Gasteiger partial charge on any atom is -0.375 e. The second kappa shape index (κ2) is 1.51. The smallest absolute Gasteiger partial charge is 0.0972 e. The van der Waals surface area contributed by atoms with Crippen LogP contribution in [0, 0.1) is 17.4 Å². The lowest BCUT2D eigenvalue weighted by Crippen LogP contribution is -1.98. The van der Waals surface area contributed by atoms with E-state index in [9.17, 15) is 0 Å². The molecule has 2 fully saturated rings. The van der Waals surface area contributed by atoms with Crippen molar-refractivity contribution in [3.05, 3.63) is 6.10 Å². The maximum Gasteiger partial charge on any atom is 0.0972 e. The molecule has 0 saturated heterocycles. The van der Waals surface area contributed by atoms with E-state index < -0.39 is 0 Å². The van der Waals surface area contributed by atoms with Gasteiger partial charge in [0.1, 0.15) is 0 Å². The van der Waals surface area contributed by atoms with Crippen LogP contribution >= 0.6 is 0 Å². The van der Waals surface area contributed by atoms with Gasteiger partial charge in [0.05, 0.1) is 6.10 Å². The molecule has 0 aromatic rings. The molecule has 2 aliphatic rings. The van der Waals surface area contributed by atoms with E-state index in [1.165, 1.54) is 25.4 Å². The third kappa shape index (κ3) is 0.710. The van der Waals surface area contributed by atoms with E-state index in [0.29, 0.717) is 0 Å². The van der Waals surface area contributed by atoms with Gasteiger partial charge in [-0.15, -0.1) is 0 Å². The van der Waals surface area contributed by atoms with Crippen LogP contribution in [-0.2, 0) is 4.74 Å². The normalized spacial score (nSPS) is 35.7. The van der Waals surface area contributed by atoms with Crippen molar-refractivity contribution in [2.75, 3.05) is 7.11 Å². The number of ether oxygens (including phenoxy) is 1. The Balaban J connectivity index is 1.89. The van der Waals surface area contributed by atoms with Gasteiger partial charge in [-0.2, -0.15) is 0 Å². The fourth-order valence-corrected chi connectivity index (χ4v) is 1.78. The Labute approximate surface area is 56.4 Å². The molecule has 0 aromatic heterocycles. The first-order valence-corrected chi connectivity index (χ1v) is 3.66. The molecule has 0 bridgehead atoms. The van der Waals surface area contributed by atoms with Gasteiger partial charge in [0.15, 0.2) is 0 Å². The van der Waals surface area contributed by atoms with Crippen LogP contribution in [0.15, 0.2) is 0 Å². The van der Waals surface area contributed by atoms with Gasteiger partial charge in [-0.3, -0.25) is 0 Å². The summed E-state index contributed by atoms with van der Waals surface area (Å²) in [6, 6.07) is 0. The highest BCUT2D eigenvalue weighted by atomic mass is 16.5. The molecule has 0 heterocycles. The summed E-state index contributed by atoms with van der Waals surface area (Å²) in [6.45, 7) is 2.11. The predicted molar refractivity (Wildman–Crippen MR) is 35.7 cm³/mol. The lowest BCUT2D eigenvalue weighted by molar-refractivity contribution is 0.189. The number of rotatable bonds is 2. The van der Waals surface area contributed by atoms with Gasteiger partial charge in [-0.25, -0.2) is 0 Å². The zero-order chi connectivity index (χ0) is 6.48. The molecular formula is C8H13O. The highest BCUT2D eigenvalue weighted by molar-refractivity contribution is 5.18. The Morgan fingerprint density at radius 1 is 1.56 bits per heavy atom. The largest absolute Gasteiger partial charge is 0.375 e. The summed E-state index contributed by atoms with van der Waals surface area (Å²) in [5.74, 6) is 0.836. The van der Waals surface area contributed by atoms with Crippen LogP contribution in [0.2, 0.25) is 0 Å². The van der Waals surface area contributed by atoms with Crippen molar-refractivity contribution in [3.63, 3.8) is 0 Å². The second-order valence-corrected chi connectivity index (χ2v) is 3.43. The van der Waals surface area contributed by atoms with Gasteiger partial charge in [0, 0.05) is 7.11 Å². The second-order valence-electron chi connectivity index (χ2n) is 3.43. The van der Waals surface area contributed by atoms with Gasteiger partial charge in [-0.1, -0.05) is 0 Å². The van der Waals surface area contributed by atoms with Gasteiger partial charge in [-0.05, 0) is 37.5 Å². The molecule has 0 N–H and O–H groups in total. The summed E-state index contributed by atoms with van der Waals surface area (Å²) >= 11 is 0. The molecule has 2 aliphatic carbocycles. The SMILES string of the molecule is CO[C](C)C1CC12CC2. The van der Waals surface area contributed by atoms with Crippen LogP contribution in [0.3, 0.4) is 0 Å². The maximum absolute atomic E-state index is 5.17. The number of methoxy groups -OCH3 is 1. The van der Waals surface area contributed by atoms with E-state index in [1.54, 1.807) is 7.11 Å². The van der Waals surface area contributed by atoms with Gasteiger partial charge in [0.25, 0.3) is 0 Å². The lowest BCUT2D eigenvalue weighted by atomic mass is 10.2. The summed E-state index contributed by atoms with van der Waals surface area (Å²) < 4.78 is 5.17. The zero-order valence-corrected chi connectivity index (χ0v) is 6.11. The fourth-order valence-electron chi connectivity index (χ4n) is 1.78. The topological polar surface area (TPSA) is 9.23 Å². The molecule has 1 unspecified atom stereocenters. The minimum absolute atomic E-state index is 0.778. The molecule has 1 atom stereocenters. The van der Waals surface area contributed by atoms with Gasteiger partial charge >= 0.3 is 0 Å². The quantitative estimate of drug-likeness (QED) is 0.548. The Kier molecular flexibility index (Phi) is 0.963. The van der Waals surface area contributed by atoms with Crippen molar-refractivity contribution in [2.45, 2.75) is 26.2 Å². The van der Waals surface area contributed by atoms with Crippen molar-refractivity contribution >= 4 is 0 Å². The average molecular weight is 125 g/mol. The van der Waals surface area contributed by atoms with Crippen molar-refractivity contribution in [1.29, 1.82) is 0 Å². The molecule has 1 heteroatoms. The van der Waals surface area contributed by atoms with Crippen LogP contribution in [-0.4, -0.2) is 7.11 Å². The summed E-state index contributed by atoms with van der Waals surface area (Å²) in [5, 5.41) is 0.